The summed E-state index contributed by atoms with van der Waals surface area (Å²) in [5.41, 5.74) is 1.04. The van der Waals surface area contributed by atoms with Crippen molar-refractivity contribution in [2.75, 3.05) is 33.3 Å². The zero-order chi connectivity index (χ0) is 23.6. The molecule has 2 N–H and O–H groups in total. The smallest absolute Gasteiger partial charge is 0.257 e. The summed E-state index contributed by atoms with van der Waals surface area (Å²) in [5.74, 6) is 1.03. The van der Waals surface area contributed by atoms with Crippen molar-refractivity contribution in [3.63, 3.8) is 0 Å². The van der Waals surface area contributed by atoms with E-state index in [-0.39, 0.29) is 22.4 Å². The van der Waals surface area contributed by atoms with E-state index in [1.165, 1.54) is 25.3 Å². The molecule has 1 saturated heterocycles. The number of ether oxygens (including phenoxy) is 1. The highest BCUT2D eigenvalue weighted by Gasteiger charge is 2.29. The normalized spacial score (nSPS) is 15.9. The van der Waals surface area contributed by atoms with Crippen molar-refractivity contribution >= 4 is 15.9 Å². The van der Waals surface area contributed by atoms with Crippen LogP contribution >= 0.6 is 0 Å². The topological polar surface area (TPSA) is 132 Å². The van der Waals surface area contributed by atoms with Crippen LogP contribution in [0.2, 0.25) is 0 Å². The molecule has 0 aliphatic carbocycles. The molecular weight excluding hydrogens is 446 g/mol. The Morgan fingerprint density at radius 3 is 2.45 bits per heavy atom. The van der Waals surface area contributed by atoms with Gasteiger partial charge in [-0.1, -0.05) is 35.5 Å². The third-order valence-electron chi connectivity index (χ3n) is 5.71. The Morgan fingerprint density at radius 2 is 1.82 bits per heavy atom. The molecule has 2 aromatic carbocycles. The fraction of sp³-hybridized carbons (Fsp3) is 0.318. The SMILES string of the molecule is COc1ccc(S(N)(=O)=O)cc1C(=O)N1CCN(C(C)c2nc(-c3ccccc3)no2)CC1. The minimum absolute atomic E-state index is 0.118. The molecule has 1 fully saturated rings. The lowest BCUT2D eigenvalue weighted by Gasteiger charge is -2.37. The monoisotopic (exact) mass is 471 g/mol. The summed E-state index contributed by atoms with van der Waals surface area (Å²) >= 11 is 0. The lowest BCUT2D eigenvalue weighted by atomic mass is 10.1. The van der Waals surface area contributed by atoms with E-state index in [4.69, 9.17) is 14.4 Å². The second-order valence-corrected chi connectivity index (χ2v) is 9.29. The van der Waals surface area contributed by atoms with Crippen LogP contribution in [0, 0.1) is 0 Å². The fourth-order valence-corrected chi connectivity index (χ4v) is 4.32. The standard InChI is InChI=1S/C22H25N5O5S/c1-15(21-24-20(25-32-21)16-6-4-3-5-7-16)26-10-12-27(13-11-26)22(28)18-14-17(33(23,29)30)8-9-19(18)31-2/h3-9,14-15H,10-13H2,1-2H3,(H2,23,29,30). The number of carbonyl (C=O) groups excluding carboxylic acids is 1. The lowest BCUT2D eigenvalue weighted by Crippen LogP contribution is -2.49. The second kappa shape index (κ2) is 9.30. The molecule has 0 radical (unpaired) electrons. The quantitative estimate of drug-likeness (QED) is 0.577. The van der Waals surface area contributed by atoms with Crippen molar-refractivity contribution in [2.45, 2.75) is 17.9 Å². The first-order chi connectivity index (χ1) is 15.8. The number of piperazine rings is 1. The van der Waals surface area contributed by atoms with Gasteiger partial charge in [0.05, 0.1) is 23.6 Å². The average Bonchev–Trinajstić information content (AvgIpc) is 3.33. The van der Waals surface area contributed by atoms with Crippen LogP contribution in [-0.2, 0) is 10.0 Å². The summed E-state index contributed by atoms with van der Waals surface area (Å²) in [7, 11) is -2.51. The minimum Gasteiger partial charge on any atom is -0.496 e. The van der Waals surface area contributed by atoms with E-state index in [2.05, 4.69) is 15.0 Å². The van der Waals surface area contributed by atoms with Gasteiger partial charge in [-0.2, -0.15) is 4.98 Å². The zero-order valence-electron chi connectivity index (χ0n) is 18.3. The van der Waals surface area contributed by atoms with Gasteiger partial charge in [0, 0.05) is 31.7 Å². The van der Waals surface area contributed by atoms with Crippen LogP contribution in [-0.4, -0.2) is 67.6 Å². The number of amides is 1. The second-order valence-electron chi connectivity index (χ2n) is 7.73. The molecule has 2 heterocycles. The number of carbonyl (C=O) groups is 1. The number of nitrogens with two attached hydrogens (primary N) is 1. The van der Waals surface area contributed by atoms with Crippen LogP contribution in [0.25, 0.3) is 11.4 Å². The molecule has 1 amide bonds. The average molecular weight is 472 g/mol. The van der Waals surface area contributed by atoms with Crippen molar-refractivity contribution in [3.8, 4) is 17.1 Å². The number of sulfonamides is 1. The molecule has 33 heavy (non-hydrogen) atoms. The molecule has 0 spiro atoms. The Balaban J connectivity index is 1.44. The minimum atomic E-state index is -3.94. The molecule has 1 aliphatic rings. The maximum Gasteiger partial charge on any atom is 0.257 e. The Morgan fingerprint density at radius 1 is 1.12 bits per heavy atom. The van der Waals surface area contributed by atoms with Gasteiger partial charge in [-0.15, -0.1) is 0 Å². The molecule has 1 unspecified atom stereocenters. The Labute approximate surface area is 192 Å². The Bertz CT molecular complexity index is 1240. The fourth-order valence-electron chi connectivity index (χ4n) is 3.78. The van der Waals surface area contributed by atoms with Crippen molar-refractivity contribution in [1.29, 1.82) is 0 Å². The van der Waals surface area contributed by atoms with E-state index in [9.17, 15) is 13.2 Å². The molecule has 10 nitrogen and oxygen atoms in total. The van der Waals surface area contributed by atoms with E-state index in [1.807, 2.05) is 37.3 Å². The summed E-state index contributed by atoms with van der Waals surface area (Å²) in [4.78, 5) is 21.3. The number of nitrogens with zero attached hydrogens (tertiary/aromatic N) is 4. The molecule has 0 bridgehead atoms. The molecule has 1 aliphatic heterocycles. The van der Waals surface area contributed by atoms with Crippen LogP contribution < -0.4 is 9.88 Å². The first-order valence-electron chi connectivity index (χ1n) is 10.4. The van der Waals surface area contributed by atoms with Crippen molar-refractivity contribution in [2.24, 2.45) is 5.14 Å². The van der Waals surface area contributed by atoms with Gasteiger partial charge in [-0.3, -0.25) is 9.69 Å². The largest absolute Gasteiger partial charge is 0.496 e. The number of benzene rings is 2. The van der Waals surface area contributed by atoms with E-state index < -0.39 is 10.0 Å². The lowest BCUT2D eigenvalue weighted by molar-refractivity contribution is 0.0548. The van der Waals surface area contributed by atoms with E-state index in [0.29, 0.717) is 43.6 Å². The van der Waals surface area contributed by atoms with Crippen LogP contribution in [0.3, 0.4) is 0 Å². The predicted octanol–water partition coefficient (Wildman–Crippen LogP) is 1.91. The van der Waals surface area contributed by atoms with Gasteiger partial charge < -0.3 is 14.2 Å². The first-order valence-corrected chi connectivity index (χ1v) is 12.0. The maximum absolute atomic E-state index is 13.1. The third kappa shape index (κ3) is 4.90. The van der Waals surface area contributed by atoms with Gasteiger partial charge in [-0.25, -0.2) is 13.6 Å². The first kappa shape index (κ1) is 22.9. The highest BCUT2D eigenvalue weighted by molar-refractivity contribution is 7.89. The Kier molecular flexibility index (Phi) is 6.45. The molecule has 4 rings (SSSR count). The predicted molar refractivity (Wildman–Crippen MR) is 120 cm³/mol. The molecule has 174 valence electrons. The zero-order valence-corrected chi connectivity index (χ0v) is 19.2. The number of primary sulfonamides is 1. The number of rotatable bonds is 6. The number of aromatic nitrogens is 2. The molecule has 11 heteroatoms. The number of hydrogen-bond donors (Lipinski definition) is 1. The van der Waals surface area contributed by atoms with Crippen LogP contribution in [0.5, 0.6) is 5.75 Å². The number of methoxy groups -OCH3 is 1. The highest BCUT2D eigenvalue weighted by atomic mass is 32.2. The molecular formula is C22H25N5O5S. The van der Waals surface area contributed by atoms with E-state index >= 15 is 0 Å². The molecule has 0 saturated carbocycles. The van der Waals surface area contributed by atoms with Gasteiger partial charge in [-0.05, 0) is 25.1 Å². The molecule has 1 atom stereocenters. The van der Waals surface area contributed by atoms with Gasteiger partial charge in [0.25, 0.3) is 5.91 Å². The summed E-state index contributed by atoms with van der Waals surface area (Å²) in [5, 5.41) is 9.30. The summed E-state index contributed by atoms with van der Waals surface area (Å²) in [6.45, 7) is 4.07. The molecule has 1 aromatic heterocycles. The summed E-state index contributed by atoms with van der Waals surface area (Å²) < 4.78 is 34.2. The summed E-state index contributed by atoms with van der Waals surface area (Å²) in [6.07, 6.45) is 0. The van der Waals surface area contributed by atoms with Gasteiger partial charge in [0.2, 0.25) is 21.7 Å². The van der Waals surface area contributed by atoms with Crippen molar-refractivity contribution in [1.82, 2.24) is 19.9 Å². The van der Waals surface area contributed by atoms with Crippen molar-refractivity contribution in [3.05, 3.63) is 60.0 Å². The van der Waals surface area contributed by atoms with Crippen LogP contribution in [0.4, 0.5) is 0 Å². The Hall–Kier alpha value is -3.28. The van der Waals surface area contributed by atoms with Gasteiger partial charge in [0.1, 0.15) is 5.75 Å². The summed E-state index contributed by atoms with van der Waals surface area (Å²) in [6, 6.07) is 13.5. The maximum atomic E-state index is 13.1. The van der Waals surface area contributed by atoms with Gasteiger partial charge in [0.15, 0.2) is 0 Å². The third-order valence-corrected chi connectivity index (χ3v) is 6.62. The van der Waals surface area contributed by atoms with E-state index in [1.54, 1.807) is 4.90 Å². The van der Waals surface area contributed by atoms with Crippen LogP contribution in [0.1, 0.15) is 29.2 Å². The molecule has 3 aromatic rings. The van der Waals surface area contributed by atoms with Crippen molar-refractivity contribution < 1.29 is 22.5 Å². The highest BCUT2D eigenvalue weighted by Crippen LogP contribution is 2.26. The van der Waals surface area contributed by atoms with Gasteiger partial charge >= 0.3 is 0 Å². The van der Waals surface area contributed by atoms with E-state index in [0.717, 1.165) is 5.56 Å². The number of hydrogen-bond acceptors (Lipinski definition) is 8. The van der Waals surface area contributed by atoms with Crippen LogP contribution in [0.15, 0.2) is 57.9 Å².